The molecule has 0 aliphatic heterocycles. The van der Waals surface area contributed by atoms with Gasteiger partial charge in [0.15, 0.2) is 5.75 Å². The maximum Gasteiger partial charge on any atom is 0.335 e. The van der Waals surface area contributed by atoms with E-state index < -0.39 is 11.9 Å². The molecule has 2 rings (SSSR count). The van der Waals surface area contributed by atoms with E-state index in [9.17, 15) is 14.9 Å². The van der Waals surface area contributed by atoms with Crippen molar-refractivity contribution in [3.05, 3.63) is 60.7 Å². The van der Waals surface area contributed by atoms with Gasteiger partial charge in [0.25, 0.3) is 0 Å². The second kappa shape index (κ2) is 10.8. The van der Waals surface area contributed by atoms with Crippen LogP contribution in [0.5, 0.6) is 11.5 Å². The number of esters is 2. The number of nitrogens with zero attached hydrogens (tertiary/aromatic N) is 1. The normalized spacial score (nSPS) is 10.2. The quantitative estimate of drug-likeness (QED) is 0.234. The summed E-state index contributed by atoms with van der Waals surface area (Å²) in [5.41, 5.74) is 1.17. The molecule has 0 fully saturated rings. The Morgan fingerprint density at radius 3 is 2.34 bits per heavy atom. The second-order valence-corrected chi connectivity index (χ2v) is 6.66. The van der Waals surface area contributed by atoms with Gasteiger partial charge in [0.2, 0.25) is 0 Å². The molecule has 0 amide bonds. The van der Waals surface area contributed by atoms with Gasteiger partial charge in [0, 0.05) is 29.0 Å². The van der Waals surface area contributed by atoms with Crippen LogP contribution in [0.4, 0.5) is 0 Å². The number of rotatable bonds is 10. The van der Waals surface area contributed by atoms with E-state index in [1.54, 1.807) is 6.07 Å². The average molecular weight is 391 g/mol. The van der Waals surface area contributed by atoms with Gasteiger partial charge in [-0.25, -0.2) is 9.59 Å². The number of fused-ring (bicyclic) bond motifs is 1. The molecule has 0 aliphatic rings. The average Bonchev–Trinajstić information content (AvgIpc) is 2.74. The fourth-order valence-corrected chi connectivity index (χ4v) is 3.07. The van der Waals surface area contributed by atoms with Crippen LogP contribution in [0.1, 0.15) is 50.2 Å². The SMILES string of the molecule is C=CC(=O)Oc1cc(C#N)c(OC(=O)C=C)c2ccc(CCCCCCC)cc12. The van der Waals surface area contributed by atoms with Gasteiger partial charge in [-0.1, -0.05) is 57.9 Å². The molecule has 0 aromatic heterocycles. The second-order valence-electron chi connectivity index (χ2n) is 6.66. The Hall–Kier alpha value is -3.39. The van der Waals surface area contributed by atoms with E-state index in [0.717, 1.165) is 37.0 Å². The molecule has 0 aliphatic carbocycles. The number of ether oxygens (including phenoxy) is 2. The molecule has 5 heteroatoms. The first-order valence-corrected chi connectivity index (χ1v) is 9.72. The zero-order valence-electron chi connectivity index (χ0n) is 16.7. The zero-order valence-corrected chi connectivity index (χ0v) is 16.7. The van der Waals surface area contributed by atoms with Crippen molar-refractivity contribution in [2.24, 2.45) is 0 Å². The number of unbranched alkanes of at least 4 members (excludes halogenated alkanes) is 4. The van der Waals surface area contributed by atoms with Crippen molar-refractivity contribution in [1.29, 1.82) is 5.26 Å². The van der Waals surface area contributed by atoms with Crippen LogP contribution in [0.3, 0.4) is 0 Å². The number of benzene rings is 2. The summed E-state index contributed by atoms with van der Waals surface area (Å²) in [5, 5.41) is 10.6. The van der Waals surface area contributed by atoms with Gasteiger partial charge in [0.1, 0.15) is 11.8 Å². The van der Waals surface area contributed by atoms with Crippen LogP contribution in [0, 0.1) is 11.3 Å². The summed E-state index contributed by atoms with van der Waals surface area (Å²) >= 11 is 0. The lowest BCUT2D eigenvalue weighted by Gasteiger charge is -2.14. The minimum atomic E-state index is -0.668. The third-order valence-electron chi connectivity index (χ3n) is 4.55. The summed E-state index contributed by atoms with van der Waals surface area (Å²) in [5.74, 6) is -0.942. The standard InChI is InChI=1S/C24H25NO4/c1-4-7-8-9-10-11-17-12-13-19-20(14-17)21(28-22(26)5-2)15-18(16-25)24(19)29-23(27)6-3/h5-6,12-15H,2-4,7-11H2,1H3. The summed E-state index contributed by atoms with van der Waals surface area (Å²) in [6.45, 7) is 8.98. The number of carbonyl (C=O) groups is 2. The smallest absolute Gasteiger partial charge is 0.335 e. The lowest BCUT2D eigenvalue weighted by atomic mass is 9.99. The highest BCUT2D eigenvalue weighted by atomic mass is 16.5. The fourth-order valence-electron chi connectivity index (χ4n) is 3.07. The van der Waals surface area contributed by atoms with Crippen molar-refractivity contribution in [3.8, 4) is 17.6 Å². The largest absolute Gasteiger partial charge is 0.423 e. The first-order chi connectivity index (χ1) is 14.0. The van der Waals surface area contributed by atoms with E-state index in [4.69, 9.17) is 9.47 Å². The molecule has 0 radical (unpaired) electrons. The van der Waals surface area contributed by atoms with Gasteiger partial charge in [-0.3, -0.25) is 0 Å². The molecule has 0 bridgehead atoms. The Balaban J connectivity index is 2.49. The third-order valence-corrected chi connectivity index (χ3v) is 4.55. The van der Waals surface area contributed by atoms with Gasteiger partial charge < -0.3 is 9.47 Å². The molecule has 0 saturated carbocycles. The van der Waals surface area contributed by atoms with Gasteiger partial charge in [-0.2, -0.15) is 5.26 Å². The summed E-state index contributed by atoms with van der Waals surface area (Å²) < 4.78 is 10.7. The van der Waals surface area contributed by atoms with Crippen LogP contribution in [0.25, 0.3) is 10.8 Å². The lowest BCUT2D eigenvalue weighted by molar-refractivity contribution is -0.130. The number of hydrogen-bond acceptors (Lipinski definition) is 5. The van der Waals surface area contributed by atoms with Gasteiger partial charge in [-0.05, 0) is 24.5 Å². The topological polar surface area (TPSA) is 76.4 Å². The van der Waals surface area contributed by atoms with E-state index in [2.05, 4.69) is 20.1 Å². The van der Waals surface area contributed by atoms with Crippen LogP contribution < -0.4 is 9.47 Å². The van der Waals surface area contributed by atoms with E-state index in [-0.39, 0.29) is 17.1 Å². The van der Waals surface area contributed by atoms with Crippen LogP contribution in [0.2, 0.25) is 0 Å². The highest BCUT2D eigenvalue weighted by Gasteiger charge is 2.18. The van der Waals surface area contributed by atoms with E-state index in [0.29, 0.717) is 10.8 Å². The minimum absolute atomic E-state index is 0.0897. The summed E-state index contributed by atoms with van der Waals surface area (Å²) in [7, 11) is 0. The van der Waals surface area contributed by atoms with Crippen molar-refractivity contribution in [2.75, 3.05) is 0 Å². The third kappa shape index (κ3) is 5.79. The molecule has 2 aromatic rings. The number of hydrogen-bond donors (Lipinski definition) is 0. The molecule has 0 unspecified atom stereocenters. The zero-order chi connectivity index (χ0) is 21.2. The monoisotopic (exact) mass is 391 g/mol. The van der Waals surface area contributed by atoms with Crippen LogP contribution in [-0.2, 0) is 16.0 Å². The predicted molar refractivity (Wildman–Crippen MR) is 113 cm³/mol. The van der Waals surface area contributed by atoms with Crippen LogP contribution >= 0.6 is 0 Å². The van der Waals surface area contributed by atoms with Crippen molar-refractivity contribution < 1.29 is 19.1 Å². The van der Waals surface area contributed by atoms with E-state index in [1.807, 2.05) is 18.2 Å². The molecular formula is C24H25NO4. The Morgan fingerprint density at radius 2 is 1.69 bits per heavy atom. The number of carbonyl (C=O) groups excluding carboxylic acids is 2. The molecule has 0 heterocycles. The Kier molecular flexibility index (Phi) is 8.17. The fraction of sp³-hybridized carbons (Fsp3) is 0.292. The summed E-state index contributed by atoms with van der Waals surface area (Å²) in [6.07, 6.45) is 8.82. The van der Waals surface area contributed by atoms with Gasteiger partial charge in [-0.15, -0.1) is 0 Å². The highest BCUT2D eigenvalue weighted by Crippen LogP contribution is 2.38. The number of nitriles is 1. The maximum absolute atomic E-state index is 11.8. The van der Waals surface area contributed by atoms with Crippen molar-refractivity contribution >= 4 is 22.7 Å². The van der Waals surface area contributed by atoms with Crippen LogP contribution in [0.15, 0.2) is 49.6 Å². The van der Waals surface area contributed by atoms with Crippen molar-refractivity contribution in [3.63, 3.8) is 0 Å². The molecule has 0 spiro atoms. The first kappa shape index (κ1) is 21.9. The van der Waals surface area contributed by atoms with Crippen LogP contribution in [-0.4, -0.2) is 11.9 Å². The van der Waals surface area contributed by atoms with Gasteiger partial charge in [0.05, 0.1) is 5.56 Å². The molecule has 5 nitrogen and oxygen atoms in total. The highest BCUT2D eigenvalue weighted by molar-refractivity contribution is 5.99. The molecule has 0 N–H and O–H groups in total. The Morgan fingerprint density at radius 1 is 1.00 bits per heavy atom. The molecule has 0 saturated heterocycles. The minimum Gasteiger partial charge on any atom is -0.423 e. The maximum atomic E-state index is 11.8. The van der Waals surface area contributed by atoms with E-state index in [1.165, 1.54) is 25.3 Å². The van der Waals surface area contributed by atoms with Gasteiger partial charge >= 0.3 is 11.9 Å². The summed E-state index contributed by atoms with van der Waals surface area (Å²) in [6, 6.07) is 9.03. The molecule has 2 aromatic carbocycles. The molecule has 0 atom stereocenters. The number of aryl methyl sites for hydroxylation is 1. The summed E-state index contributed by atoms with van der Waals surface area (Å²) in [4.78, 5) is 23.5. The Labute approximate surface area is 171 Å². The predicted octanol–water partition coefficient (Wildman–Crippen LogP) is 5.41. The molecule has 150 valence electrons. The van der Waals surface area contributed by atoms with E-state index >= 15 is 0 Å². The van der Waals surface area contributed by atoms with Crippen molar-refractivity contribution in [1.82, 2.24) is 0 Å². The molecular weight excluding hydrogens is 366 g/mol. The first-order valence-electron chi connectivity index (χ1n) is 9.72. The van der Waals surface area contributed by atoms with Crippen molar-refractivity contribution in [2.45, 2.75) is 45.4 Å². The molecule has 29 heavy (non-hydrogen) atoms. The lowest BCUT2D eigenvalue weighted by Crippen LogP contribution is -2.08. The Bertz CT molecular complexity index is 969.